The van der Waals surface area contributed by atoms with Gasteiger partial charge in [-0.3, -0.25) is 4.90 Å². The Morgan fingerprint density at radius 2 is 1.84 bits per heavy atom. The van der Waals surface area contributed by atoms with Crippen LogP contribution in [0.3, 0.4) is 0 Å². The molecule has 1 saturated heterocycles. The third kappa shape index (κ3) is 4.90. The van der Waals surface area contributed by atoms with Gasteiger partial charge in [0.25, 0.3) is 0 Å². The van der Waals surface area contributed by atoms with Gasteiger partial charge in [0.05, 0.1) is 12.2 Å². The fourth-order valence-corrected chi connectivity index (χ4v) is 3.41. The molecule has 1 rings (SSSR count). The van der Waals surface area contributed by atoms with E-state index in [4.69, 9.17) is 4.74 Å². The zero-order valence-electron chi connectivity index (χ0n) is 13.6. The van der Waals surface area contributed by atoms with Gasteiger partial charge in [0.2, 0.25) is 0 Å². The molecular formula is C16H32N2O. The maximum atomic E-state index is 5.84. The summed E-state index contributed by atoms with van der Waals surface area (Å²) in [7, 11) is 2.03. The Kier molecular flexibility index (Phi) is 6.51. The number of rotatable bonds is 6. The van der Waals surface area contributed by atoms with Crippen LogP contribution in [0.15, 0.2) is 12.2 Å². The van der Waals surface area contributed by atoms with Gasteiger partial charge in [-0.2, -0.15) is 0 Å². The van der Waals surface area contributed by atoms with E-state index in [9.17, 15) is 0 Å². The fourth-order valence-electron chi connectivity index (χ4n) is 3.41. The van der Waals surface area contributed by atoms with Gasteiger partial charge in [-0.15, -0.1) is 0 Å². The minimum atomic E-state index is 0.319. The van der Waals surface area contributed by atoms with E-state index in [0.717, 1.165) is 13.1 Å². The summed E-state index contributed by atoms with van der Waals surface area (Å²) in [5.41, 5.74) is 1.28. The summed E-state index contributed by atoms with van der Waals surface area (Å²) in [4.78, 5) is 2.56. The van der Waals surface area contributed by atoms with Crippen LogP contribution in [0.2, 0.25) is 0 Å². The summed E-state index contributed by atoms with van der Waals surface area (Å²) >= 11 is 0. The number of hydrogen-bond acceptors (Lipinski definition) is 3. The van der Waals surface area contributed by atoms with E-state index in [1.54, 1.807) is 0 Å². The molecule has 5 atom stereocenters. The van der Waals surface area contributed by atoms with Gasteiger partial charge in [-0.05, 0) is 47.1 Å². The molecule has 19 heavy (non-hydrogen) atoms. The van der Waals surface area contributed by atoms with Gasteiger partial charge in [0, 0.05) is 25.2 Å². The van der Waals surface area contributed by atoms with Gasteiger partial charge in [0.1, 0.15) is 0 Å². The molecule has 2 unspecified atom stereocenters. The monoisotopic (exact) mass is 268 g/mol. The molecule has 112 valence electrons. The smallest absolute Gasteiger partial charge is 0.0678 e. The molecule has 0 spiro atoms. The molecule has 0 bridgehead atoms. The van der Waals surface area contributed by atoms with Gasteiger partial charge >= 0.3 is 0 Å². The molecule has 0 aromatic rings. The molecule has 1 fully saturated rings. The second-order valence-corrected chi connectivity index (χ2v) is 6.41. The second kappa shape index (κ2) is 7.41. The van der Waals surface area contributed by atoms with E-state index in [0.29, 0.717) is 30.2 Å². The SMILES string of the molecule is C=C(C)[C@H](C(C)CC(C)NC)N1C[C@@H](C)O[C@@H](C)C1. The van der Waals surface area contributed by atoms with Crippen molar-refractivity contribution in [2.24, 2.45) is 5.92 Å². The Hall–Kier alpha value is -0.380. The molecule has 0 aliphatic carbocycles. The van der Waals surface area contributed by atoms with E-state index >= 15 is 0 Å². The average molecular weight is 268 g/mol. The van der Waals surface area contributed by atoms with Crippen molar-refractivity contribution in [2.45, 2.75) is 65.3 Å². The van der Waals surface area contributed by atoms with Gasteiger partial charge in [0.15, 0.2) is 0 Å². The summed E-state index contributed by atoms with van der Waals surface area (Å²) in [6, 6.07) is 1.01. The van der Waals surface area contributed by atoms with Crippen molar-refractivity contribution in [3.63, 3.8) is 0 Å². The molecule has 0 radical (unpaired) electrons. The number of nitrogens with one attached hydrogen (secondary N) is 1. The van der Waals surface area contributed by atoms with Crippen LogP contribution in [0.5, 0.6) is 0 Å². The minimum Gasteiger partial charge on any atom is -0.373 e. The molecule has 0 aromatic carbocycles. The molecule has 1 aliphatic heterocycles. The quantitative estimate of drug-likeness (QED) is 0.750. The number of morpholine rings is 1. The summed E-state index contributed by atoms with van der Waals surface area (Å²) in [6.07, 6.45) is 1.81. The van der Waals surface area contributed by atoms with Crippen molar-refractivity contribution in [3.05, 3.63) is 12.2 Å². The molecule has 1 heterocycles. The van der Waals surface area contributed by atoms with Crippen molar-refractivity contribution < 1.29 is 4.74 Å². The van der Waals surface area contributed by atoms with Gasteiger partial charge in [-0.1, -0.05) is 19.1 Å². The van der Waals surface area contributed by atoms with Crippen LogP contribution < -0.4 is 5.32 Å². The van der Waals surface area contributed by atoms with Gasteiger partial charge < -0.3 is 10.1 Å². The Morgan fingerprint density at radius 1 is 1.32 bits per heavy atom. The maximum Gasteiger partial charge on any atom is 0.0678 e. The predicted octanol–water partition coefficient (Wildman–Crippen LogP) is 2.67. The topological polar surface area (TPSA) is 24.5 Å². The van der Waals surface area contributed by atoms with E-state index in [1.165, 1.54) is 12.0 Å². The van der Waals surface area contributed by atoms with Crippen LogP contribution in [0.4, 0.5) is 0 Å². The highest BCUT2D eigenvalue weighted by atomic mass is 16.5. The van der Waals surface area contributed by atoms with Crippen LogP contribution in [0, 0.1) is 5.92 Å². The normalized spacial score (nSPS) is 29.8. The van der Waals surface area contributed by atoms with Crippen LogP contribution >= 0.6 is 0 Å². The highest BCUT2D eigenvalue weighted by molar-refractivity contribution is 5.06. The van der Waals surface area contributed by atoms with Crippen molar-refractivity contribution in [1.82, 2.24) is 10.2 Å². The standard InChI is InChI=1S/C16H32N2O/c1-11(2)16(12(3)8-13(4)17-7)18-9-14(5)19-15(6)10-18/h12-17H,1,8-10H2,2-7H3/t12?,13?,14-,15+,16-/m1/s1. The Labute approximate surface area is 119 Å². The Balaban J connectivity index is 2.73. The van der Waals surface area contributed by atoms with Crippen LogP contribution in [0.25, 0.3) is 0 Å². The Morgan fingerprint density at radius 3 is 2.26 bits per heavy atom. The van der Waals surface area contributed by atoms with E-state index in [2.05, 4.69) is 51.4 Å². The van der Waals surface area contributed by atoms with Gasteiger partial charge in [-0.25, -0.2) is 0 Å². The highest BCUT2D eigenvalue weighted by Crippen LogP contribution is 2.25. The molecule has 1 aliphatic rings. The summed E-state index contributed by atoms with van der Waals surface area (Å²) in [6.45, 7) is 17.3. The van der Waals surface area contributed by atoms with E-state index in [-0.39, 0.29) is 0 Å². The Bertz CT molecular complexity index is 282. The summed E-state index contributed by atoms with van der Waals surface area (Å²) < 4.78 is 5.84. The van der Waals surface area contributed by atoms with Crippen LogP contribution in [-0.2, 0) is 4.74 Å². The lowest BCUT2D eigenvalue weighted by Crippen LogP contribution is -2.52. The zero-order chi connectivity index (χ0) is 14.6. The fraction of sp³-hybridized carbons (Fsp3) is 0.875. The van der Waals surface area contributed by atoms with Crippen LogP contribution in [-0.4, -0.2) is 49.3 Å². The van der Waals surface area contributed by atoms with Crippen LogP contribution in [0.1, 0.15) is 41.0 Å². The minimum absolute atomic E-state index is 0.319. The molecule has 0 amide bonds. The van der Waals surface area contributed by atoms with Crippen molar-refractivity contribution in [2.75, 3.05) is 20.1 Å². The average Bonchev–Trinajstić information content (AvgIpc) is 2.26. The first-order valence-corrected chi connectivity index (χ1v) is 7.57. The second-order valence-electron chi connectivity index (χ2n) is 6.41. The first kappa shape index (κ1) is 16.7. The van der Waals surface area contributed by atoms with E-state index < -0.39 is 0 Å². The molecule has 0 aromatic heterocycles. The number of nitrogens with zero attached hydrogens (tertiary/aromatic N) is 1. The number of ether oxygens (including phenoxy) is 1. The first-order chi connectivity index (χ1) is 8.85. The molecule has 0 saturated carbocycles. The van der Waals surface area contributed by atoms with E-state index in [1.807, 2.05) is 7.05 Å². The zero-order valence-corrected chi connectivity index (χ0v) is 13.6. The lowest BCUT2D eigenvalue weighted by Gasteiger charge is -2.43. The highest BCUT2D eigenvalue weighted by Gasteiger charge is 2.31. The number of hydrogen-bond donors (Lipinski definition) is 1. The third-order valence-corrected chi connectivity index (χ3v) is 4.10. The molecule has 3 heteroatoms. The molecule has 3 nitrogen and oxygen atoms in total. The summed E-state index contributed by atoms with van der Waals surface area (Å²) in [5.74, 6) is 0.609. The van der Waals surface area contributed by atoms with Crippen molar-refractivity contribution in [3.8, 4) is 0 Å². The third-order valence-electron chi connectivity index (χ3n) is 4.10. The van der Waals surface area contributed by atoms with Crippen molar-refractivity contribution in [1.29, 1.82) is 0 Å². The lowest BCUT2D eigenvalue weighted by molar-refractivity contribution is -0.0819. The maximum absolute atomic E-state index is 5.84. The first-order valence-electron chi connectivity index (χ1n) is 7.57. The molecular weight excluding hydrogens is 236 g/mol. The predicted molar refractivity (Wildman–Crippen MR) is 82.5 cm³/mol. The summed E-state index contributed by atoms with van der Waals surface area (Å²) in [5, 5.41) is 3.34. The lowest BCUT2D eigenvalue weighted by atomic mass is 9.88. The van der Waals surface area contributed by atoms with Crippen molar-refractivity contribution >= 4 is 0 Å². The molecule has 1 N–H and O–H groups in total. The largest absolute Gasteiger partial charge is 0.373 e.